The molecule has 15 heavy (non-hydrogen) atoms. The molecule has 0 aromatic carbocycles. The van der Waals surface area contributed by atoms with Gasteiger partial charge in [0.25, 0.3) is 0 Å². The van der Waals surface area contributed by atoms with Crippen LogP contribution < -0.4 is 5.32 Å². The van der Waals surface area contributed by atoms with E-state index in [2.05, 4.69) is 5.32 Å². The van der Waals surface area contributed by atoms with Crippen molar-refractivity contribution in [2.24, 2.45) is 0 Å². The predicted octanol–water partition coefficient (Wildman–Crippen LogP) is -0.486. The number of hydrogen-bond acceptors (Lipinski definition) is 4. The molecule has 2 fully saturated rings. The number of carbonyl (C=O) groups is 2. The van der Waals surface area contributed by atoms with E-state index >= 15 is 0 Å². The van der Waals surface area contributed by atoms with Crippen LogP contribution in [0.3, 0.4) is 0 Å². The van der Waals surface area contributed by atoms with E-state index in [1.165, 1.54) is 4.90 Å². The number of ether oxygens (including phenoxy) is 1. The van der Waals surface area contributed by atoms with Crippen LogP contribution >= 0.6 is 0 Å². The largest absolute Gasteiger partial charge is 0.378 e. The first-order valence-corrected chi connectivity index (χ1v) is 5.41. The van der Waals surface area contributed by atoms with Gasteiger partial charge in [0.05, 0.1) is 13.2 Å². The van der Waals surface area contributed by atoms with Gasteiger partial charge in [-0.15, -0.1) is 0 Å². The summed E-state index contributed by atoms with van der Waals surface area (Å²) in [4.78, 5) is 24.4. The first kappa shape index (κ1) is 10.6. The van der Waals surface area contributed by atoms with Crippen LogP contribution in [0, 0.1) is 0 Å². The van der Waals surface area contributed by atoms with Crippen molar-refractivity contribution in [3.63, 3.8) is 0 Å². The van der Waals surface area contributed by atoms with E-state index in [-0.39, 0.29) is 17.9 Å². The Morgan fingerprint density at radius 1 is 1.33 bits per heavy atom. The minimum atomic E-state index is -0.0429. The van der Waals surface area contributed by atoms with Gasteiger partial charge in [0.2, 0.25) is 11.8 Å². The quantitative estimate of drug-likeness (QED) is 0.628. The summed E-state index contributed by atoms with van der Waals surface area (Å²) in [5, 5.41) is 3.24. The van der Waals surface area contributed by atoms with Gasteiger partial charge in [-0.1, -0.05) is 0 Å². The van der Waals surface area contributed by atoms with E-state index in [0.717, 1.165) is 6.54 Å². The lowest BCUT2D eigenvalue weighted by Gasteiger charge is -2.31. The molecule has 0 aliphatic carbocycles. The lowest BCUT2D eigenvalue weighted by molar-refractivity contribution is -0.148. The number of rotatable bonds is 2. The van der Waals surface area contributed by atoms with E-state index in [4.69, 9.17) is 4.74 Å². The van der Waals surface area contributed by atoms with E-state index < -0.39 is 0 Å². The number of imide groups is 1. The third kappa shape index (κ3) is 2.54. The highest BCUT2D eigenvalue weighted by atomic mass is 16.5. The van der Waals surface area contributed by atoms with Crippen LogP contribution in [0.25, 0.3) is 0 Å². The third-order valence-corrected chi connectivity index (χ3v) is 2.78. The molecule has 5 nitrogen and oxygen atoms in total. The minimum absolute atomic E-state index is 0.0429. The molecular weight excluding hydrogens is 196 g/mol. The Morgan fingerprint density at radius 3 is 2.67 bits per heavy atom. The van der Waals surface area contributed by atoms with Gasteiger partial charge in [-0.3, -0.25) is 14.5 Å². The fourth-order valence-corrected chi connectivity index (χ4v) is 1.96. The number of morpholine rings is 1. The standard InChI is InChI=1S/C10H16N2O3/c13-9-2-1-3-10(14)12(9)6-8-7-15-5-4-11-8/h8,11H,1-7H2. The van der Waals surface area contributed by atoms with Crippen LogP contribution in [0.1, 0.15) is 19.3 Å². The van der Waals surface area contributed by atoms with Gasteiger partial charge in [0.15, 0.2) is 0 Å². The molecule has 0 aromatic rings. The smallest absolute Gasteiger partial charge is 0.229 e. The van der Waals surface area contributed by atoms with E-state index in [9.17, 15) is 9.59 Å². The normalized spacial score (nSPS) is 28.3. The van der Waals surface area contributed by atoms with Crippen LogP contribution in [0.5, 0.6) is 0 Å². The summed E-state index contributed by atoms with van der Waals surface area (Å²) in [5.41, 5.74) is 0. The molecule has 2 rings (SSSR count). The zero-order chi connectivity index (χ0) is 10.7. The molecule has 1 N–H and O–H groups in total. The maximum atomic E-state index is 11.5. The molecule has 2 saturated heterocycles. The second kappa shape index (κ2) is 4.72. The second-order valence-corrected chi connectivity index (χ2v) is 3.98. The van der Waals surface area contributed by atoms with E-state index in [1.54, 1.807) is 0 Å². The summed E-state index contributed by atoms with van der Waals surface area (Å²) < 4.78 is 5.28. The van der Waals surface area contributed by atoms with Crippen molar-refractivity contribution in [1.82, 2.24) is 10.2 Å². The minimum Gasteiger partial charge on any atom is -0.378 e. The maximum Gasteiger partial charge on any atom is 0.229 e. The zero-order valence-electron chi connectivity index (χ0n) is 8.70. The van der Waals surface area contributed by atoms with Crippen LogP contribution in [-0.2, 0) is 14.3 Å². The van der Waals surface area contributed by atoms with Crippen molar-refractivity contribution < 1.29 is 14.3 Å². The second-order valence-electron chi connectivity index (χ2n) is 3.98. The lowest BCUT2D eigenvalue weighted by atomic mass is 10.1. The maximum absolute atomic E-state index is 11.5. The average molecular weight is 212 g/mol. The molecule has 84 valence electrons. The lowest BCUT2D eigenvalue weighted by Crippen LogP contribution is -2.52. The molecule has 0 saturated carbocycles. The molecule has 0 spiro atoms. The predicted molar refractivity (Wildman–Crippen MR) is 53.2 cm³/mol. The molecule has 0 bridgehead atoms. The summed E-state index contributed by atoms with van der Waals surface area (Å²) in [6, 6.07) is 0.102. The molecule has 2 heterocycles. The molecule has 0 radical (unpaired) electrons. The van der Waals surface area contributed by atoms with Crippen molar-refractivity contribution in [2.75, 3.05) is 26.3 Å². The Morgan fingerprint density at radius 2 is 2.07 bits per heavy atom. The molecule has 5 heteroatoms. The molecule has 0 aromatic heterocycles. The van der Waals surface area contributed by atoms with Crippen molar-refractivity contribution in [3.8, 4) is 0 Å². The fourth-order valence-electron chi connectivity index (χ4n) is 1.96. The van der Waals surface area contributed by atoms with Crippen LogP contribution in [0.2, 0.25) is 0 Å². The Hall–Kier alpha value is -0.940. The van der Waals surface area contributed by atoms with Gasteiger partial charge in [-0.05, 0) is 6.42 Å². The van der Waals surface area contributed by atoms with E-state index in [0.29, 0.717) is 39.0 Å². The molecule has 1 unspecified atom stereocenters. The number of piperidine rings is 1. The van der Waals surface area contributed by atoms with Crippen LogP contribution in [0.15, 0.2) is 0 Å². The first-order chi connectivity index (χ1) is 7.27. The van der Waals surface area contributed by atoms with Gasteiger partial charge in [0, 0.05) is 32.0 Å². The number of hydrogen-bond donors (Lipinski definition) is 1. The highest BCUT2D eigenvalue weighted by Crippen LogP contribution is 2.12. The molecule has 1 atom stereocenters. The topological polar surface area (TPSA) is 58.6 Å². The SMILES string of the molecule is O=C1CCCC(=O)N1CC1COCCN1. The number of carbonyl (C=O) groups excluding carboxylic acids is 2. The molecular formula is C10H16N2O3. The summed E-state index contributed by atoms with van der Waals surface area (Å²) in [6.45, 7) is 2.54. The van der Waals surface area contributed by atoms with Crippen molar-refractivity contribution in [2.45, 2.75) is 25.3 Å². The summed E-state index contributed by atoms with van der Waals surface area (Å²) >= 11 is 0. The van der Waals surface area contributed by atoms with Crippen LogP contribution in [0.4, 0.5) is 0 Å². The van der Waals surface area contributed by atoms with E-state index in [1.807, 2.05) is 0 Å². The summed E-state index contributed by atoms with van der Waals surface area (Å²) in [5.74, 6) is -0.0859. The van der Waals surface area contributed by atoms with Crippen LogP contribution in [-0.4, -0.2) is 49.1 Å². The van der Waals surface area contributed by atoms with Gasteiger partial charge >= 0.3 is 0 Å². The Bertz CT molecular complexity index is 245. The van der Waals surface area contributed by atoms with Gasteiger partial charge in [-0.2, -0.15) is 0 Å². The Balaban J connectivity index is 1.90. The summed E-state index contributed by atoms with van der Waals surface area (Å²) in [7, 11) is 0. The molecule has 2 aliphatic heterocycles. The fraction of sp³-hybridized carbons (Fsp3) is 0.800. The Labute approximate surface area is 88.8 Å². The molecule has 2 amide bonds. The number of likely N-dealkylation sites (tertiary alicyclic amines) is 1. The first-order valence-electron chi connectivity index (χ1n) is 5.41. The average Bonchev–Trinajstić information content (AvgIpc) is 2.25. The van der Waals surface area contributed by atoms with Gasteiger partial charge in [0.1, 0.15) is 0 Å². The summed E-state index contributed by atoms with van der Waals surface area (Å²) in [6.07, 6.45) is 1.70. The van der Waals surface area contributed by atoms with Crippen molar-refractivity contribution >= 4 is 11.8 Å². The highest BCUT2D eigenvalue weighted by Gasteiger charge is 2.28. The number of amides is 2. The molecule has 2 aliphatic rings. The number of nitrogens with zero attached hydrogens (tertiary/aromatic N) is 1. The van der Waals surface area contributed by atoms with Crippen molar-refractivity contribution in [1.29, 1.82) is 0 Å². The monoisotopic (exact) mass is 212 g/mol. The number of nitrogens with one attached hydrogen (secondary N) is 1. The van der Waals surface area contributed by atoms with Gasteiger partial charge in [-0.25, -0.2) is 0 Å². The highest BCUT2D eigenvalue weighted by molar-refractivity contribution is 5.97. The third-order valence-electron chi connectivity index (χ3n) is 2.78. The van der Waals surface area contributed by atoms with Crippen molar-refractivity contribution in [3.05, 3.63) is 0 Å². The zero-order valence-corrected chi connectivity index (χ0v) is 8.70. The Kier molecular flexibility index (Phi) is 3.33. The van der Waals surface area contributed by atoms with Gasteiger partial charge < -0.3 is 10.1 Å².